The fraction of sp³-hybridized carbons (Fsp3) is 0.500. The lowest BCUT2D eigenvalue weighted by Crippen LogP contribution is -2.14. The van der Waals surface area contributed by atoms with Crippen molar-refractivity contribution in [2.75, 3.05) is 19.8 Å². The van der Waals surface area contributed by atoms with Gasteiger partial charge in [-0.05, 0) is 38.7 Å². The number of nitrogens with zero attached hydrogens (tertiary/aromatic N) is 3. The fourth-order valence-electron chi connectivity index (χ4n) is 1.25. The summed E-state index contributed by atoms with van der Waals surface area (Å²) in [5, 5.41) is 1.08. The standard InChI is InChI=1S/C12H19N3S/c1-6-15(4)8-13-11-7-9(2)12(16-5)14-10(11)3/h7-8H,6H2,1-5H3/b13-8+. The third kappa shape index (κ3) is 3.23. The van der Waals surface area contributed by atoms with Crippen molar-refractivity contribution in [3.05, 3.63) is 17.3 Å². The van der Waals surface area contributed by atoms with Gasteiger partial charge in [0.1, 0.15) is 0 Å². The average Bonchev–Trinajstić information content (AvgIpc) is 2.29. The Hall–Kier alpha value is -1.03. The van der Waals surface area contributed by atoms with Crippen LogP contribution in [-0.4, -0.2) is 36.1 Å². The maximum Gasteiger partial charge on any atom is 0.0991 e. The molecule has 0 N–H and O–H groups in total. The van der Waals surface area contributed by atoms with E-state index in [2.05, 4.69) is 29.9 Å². The van der Waals surface area contributed by atoms with Gasteiger partial charge in [0.15, 0.2) is 0 Å². The van der Waals surface area contributed by atoms with E-state index in [1.54, 1.807) is 11.8 Å². The molecular formula is C12H19N3S. The minimum atomic E-state index is 0.954. The minimum absolute atomic E-state index is 0.954. The number of hydrogen-bond acceptors (Lipinski definition) is 3. The van der Waals surface area contributed by atoms with E-state index in [1.165, 1.54) is 5.56 Å². The molecule has 0 saturated heterocycles. The van der Waals surface area contributed by atoms with Gasteiger partial charge in [0.25, 0.3) is 0 Å². The zero-order valence-corrected chi connectivity index (χ0v) is 11.4. The van der Waals surface area contributed by atoms with Crippen LogP contribution in [0.1, 0.15) is 18.2 Å². The highest BCUT2D eigenvalue weighted by Gasteiger charge is 2.04. The summed E-state index contributed by atoms with van der Waals surface area (Å²) in [7, 11) is 2.01. The Morgan fingerprint density at radius 2 is 2.19 bits per heavy atom. The zero-order chi connectivity index (χ0) is 12.1. The minimum Gasteiger partial charge on any atom is -0.366 e. The molecule has 0 spiro atoms. The number of aryl methyl sites for hydroxylation is 2. The van der Waals surface area contributed by atoms with E-state index < -0.39 is 0 Å². The molecule has 1 heterocycles. The Morgan fingerprint density at radius 3 is 2.75 bits per heavy atom. The average molecular weight is 237 g/mol. The third-order valence-electron chi connectivity index (χ3n) is 2.42. The van der Waals surface area contributed by atoms with Crippen molar-refractivity contribution in [2.24, 2.45) is 4.99 Å². The Morgan fingerprint density at radius 1 is 1.50 bits per heavy atom. The molecule has 0 aliphatic carbocycles. The predicted octanol–water partition coefficient (Wildman–Crippen LogP) is 3.03. The van der Waals surface area contributed by atoms with Crippen LogP contribution >= 0.6 is 11.8 Å². The molecule has 0 fully saturated rings. The molecule has 3 nitrogen and oxygen atoms in total. The van der Waals surface area contributed by atoms with Crippen LogP contribution in [-0.2, 0) is 0 Å². The number of pyridine rings is 1. The molecule has 0 unspecified atom stereocenters. The van der Waals surface area contributed by atoms with Crippen molar-refractivity contribution in [2.45, 2.75) is 25.8 Å². The van der Waals surface area contributed by atoms with E-state index in [9.17, 15) is 0 Å². The summed E-state index contributed by atoms with van der Waals surface area (Å²) in [6, 6.07) is 2.09. The summed E-state index contributed by atoms with van der Waals surface area (Å²) in [4.78, 5) is 11.0. The number of rotatable bonds is 4. The summed E-state index contributed by atoms with van der Waals surface area (Å²) >= 11 is 1.67. The van der Waals surface area contributed by atoms with Crippen molar-refractivity contribution in [3.63, 3.8) is 0 Å². The van der Waals surface area contributed by atoms with Crippen molar-refractivity contribution >= 4 is 23.8 Å². The second-order valence-electron chi connectivity index (χ2n) is 3.74. The fourth-order valence-corrected chi connectivity index (χ4v) is 1.86. The first-order chi connectivity index (χ1) is 7.58. The maximum absolute atomic E-state index is 4.53. The first-order valence-corrected chi connectivity index (χ1v) is 6.57. The molecular weight excluding hydrogens is 218 g/mol. The van der Waals surface area contributed by atoms with Crippen LogP contribution < -0.4 is 0 Å². The van der Waals surface area contributed by atoms with Crippen LogP contribution in [0, 0.1) is 13.8 Å². The van der Waals surface area contributed by atoms with Crippen LogP contribution in [0.25, 0.3) is 0 Å². The predicted molar refractivity (Wildman–Crippen MR) is 71.9 cm³/mol. The molecule has 0 saturated carbocycles. The maximum atomic E-state index is 4.53. The lowest BCUT2D eigenvalue weighted by atomic mass is 10.2. The molecule has 1 rings (SSSR count). The number of aromatic nitrogens is 1. The lowest BCUT2D eigenvalue weighted by molar-refractivity contribution is 0.552. The van der Waals surface area contributed by atoms with Gasteiger partial charge in [-0.2, -0.15) is 0 Å². The number of thioether (sulfide) groups is 1. The van der Waals surface area contributed by atoms with Crippen molar-refractivity contribution in [1.29, 1.82) is 0 Å². The molecule has 0 aromatic carbocycles. The van der Waals surface area contributed by atoms with E-state index in [0.717, 1.165) is 23.0 Å². The third-order valence-corrected chi connectivity index (χ3v) is 3.22. The summed E-state index contributed by atoms with van der Waals surface area (Å²) in [6.07, 6.45) is 3.89. The van der Waals surface area contributed by atoms with Crippen LogP contribution in [0.5, 0.6) is 0 Å². The van der Waals surface area contributed by atoms with Gasteiger partial charge in [0, 0.05) is 13.6 Å². The second-order valence-corrected chi connectivity index (χ2v) is 4.53. The van der Waals surface area contributed by atoms with Crippen molar-refractivity contribution in [1.82, 2.24) is 9.88 Å². The largest absolute Gasteiger partial charge is 0.366 e. The molecule has 4 heteroatoms. The molecule has 0 atom stereocenters. The number of hydrogen-bond donors (Lipinski definition) is 0. The topological polar surface area (TPSA) is 28.5 Å². The second kappa shape index (κ2) is 5.89. The van der Waals surface area contributed by atoms with Gasteiger partial charge in [-0.15, -0.1) is 11.8 Å². The highest BCUT2D eigenvalue weighted by Crippen LogP contribution is 2.24. The van der Waals surface area contributed by atoms with Crippen molar-refractivity contribution < 1.29 is 0 Å². The Balaban J connectivity index is 2.98. The molecule has 0 amide bonds. The molecule has 88 valence electrons. The van der Waals surface area contributed by atoms with E-state index in [-0.39, 0.29) is 0 Å². The quantitative estimate of drug-likeness (QED) is 0.458. The number of aliphatic imine (C=N–C) groups is 1. The molecule has 0 aliphatic rings. The summed E-state index contributed by atoms with van der Waals surface area (Å²) < 4.78 is 0. The van der Waals surface area contributed by atoms with Gasteiger partial charge < -0.3 is 4.90 Å². The van der Waals surface area contributed by atoms with Crippen molar-refractivity contribution in [3.8, 4) is 0 Å². The van der Waals surface area contributed by atoms with Gasteiger partial charge in [0.05, 0.1) is 22.7 Å². The van der Waals surface area contributed by atoms with E-state index in [4.69, 9.17) is 0 Å². The summed E-state index contributed by atoms with van der Waals surface area (Å²) in [5.74, 6) is 0. The highest BCUT2D eigenvalue weighted by atomic mass is 32.2. The van der Waals surface area contributed by atoms with Crippen LogP contribution in [0.15, 0.2) is 16.1 Å². The molecule has 0 bridgehead atoms. The summed E-state index contributed by atoms with van der Waals surface area (Å²) in [5.41, 5.74) is 3.12. The van der Waals surface area contributed by atoms with Gasteiger partial charge in [-0.3, -0.25) is 0 Å². The first-order valence-electron chi connectivity index (χ1n) is 5.35. The molecule has 1 aromatic rings. The van der Waals surface area contributed by atoms with Crippen LogP contribution in [0.2, 0.25) is 0 Å². The SMILES string of the molecule is CCN(C)/C=N/c1cc(C)c(SC)nc1C. The smallest absolute Gasteiger partial charge is 0.0991 e. The van der Waals surface area contributed by atoms with Gasteiger partial charge >= 0.3 is 0 Å². The molecule has 0 aliphatic heterocycles. The molecule has 1 aromatic heterocycles. The first kappa shape index (κ1) is 13.0. The van der Waals surface area contributed by atoms with Crippen LogP contribution in [0.4, 0.5) is 5.69 Å². The zero-order valence-electron chi connectivity index (χ0n) is 10.6. The van der Waals surface area contributed by atoms with E-state index >= 15 is 0 Å². The van der Waals surface area contributed by atoms with Gasteiger partial charge in [-0.1, -0.05) is 0 Å². The monoisotopic (exact) mass is 237 g/mol. The normalized spacial score (nSPS) is 11.1. The Labute approximate surface area is 102 Å². The highest BCUT2D eigenvalue weighted by molar-refractivity contribution is 7.98. The lowest BCUT2D eigenvalue weighted by Gasteiger charge is -2.10. The Kier molecular flexibility index (Phi) is 4.80. The molecule has 16 heavy (non-hydrogen) atoms. The van der Waals surface area contributed by atoms with Crippen LogP contribution in [0.3, 0.4) is 0 Å². The summed E-state index contributed by atoms with van der Waals surface area (Å²) in [6.45, 7) is 7.12. The van der Waals surface area contributed by atoms with E-state index in [0.29, 0.717) is 0 Å². The Bertz CT molecular complexity index is 388. The molecule has 0 radical (unpaired) electrons. The van der Waals surface area contributed by atoms with E-state index in [1.807, 2.05) is 31.5 Å². The van der Waals surface area contributed by atoms with Gasteiger partial charge in [-0.25, -0.2) is 9.98 Å². The van der Waals surface area contributed by atoms with Gasteiger partial charge in [0.2, 0.25) is 0 Å².